The molecule has 1 aliphatic rings. The lowest BCUT2D eigenvalue weighted by Crippen LogP contribution is -2.48. The first-order valence-electron chi connectivity index (χ1n) is 9.07. The summed E-state index contributed by atoms with van der Waals surface area (Å²) in [7, 11) is 0. The zero-order valence-corrected chi connectivity index (χ0v) is 15.4. The summed E-state index contributed by atoms with van der Waals surface area (Å²) in [5.74, 6) is 0.248. The lowest BCUT2D eigenvalue weighted by molar-refractivity contribution is -0.118. The van der Waals surface area contributed by atoms with E-state index >= 15 is 0 Å². The van der Waals surface area contributed by atoms with Crippen LogP contribution in [0.4, 0.5) is 11.6 Å². The SMILES string of the molecule is C=CC(=O)NC1CCCN(C(O)c2nc(Nc3ccccc3)ncc2C)C1. The summed E-state index contributed by atoms with van der Waals surface area (Å²) in [4.78, 5) is 22.3. The van der Waals surface area contributed by atoms with Gasteiger partial charge in [-0.2, -0.15) is 0 Å². The average molecular weight is 367 g/mol. The van der Waals surface area contributed by atoms with Crippen molar-refractivity contribution in [3.63, 3.8) is 0 Å². The summed E-state index contributed by atoms with van der Waals surface area (Å²) in [6.45, 7) is 6.67. The molecule has 1 aromatic carbocycles. The normalized spacial score (nSPS) is 18.5. The van der Waals surface area contributed by atoms with Crippen molar-refractivity contribution in [3.05, 3.63) is 60.4 Å². The molecule has 2 unspecified atom stereocenters. The van der Waals surface area contributed by atoms with Gasteiger partial charge in [0.1, 0.15) is 0 Å². The Bertz CT molecular complexity index is 796. The summed E-state index contributed by atoms with van der Waals surface area (Å²) < 4.78 is 0. The number of aromatic nitrogens is 2. The molecule has 1 fully saturated rings. The van der Waals surface area contributed by atoms with E-state index in [9.17, 15) is 9.90 Å². The number of hydrogen-bond acceptors (Lipinski definition) is 6. The monoisotopic (exact) mass is 367 g/mol. The van der Waals surface area contributed by atoms with Crippen LogP contribution in [-0.2, 0) is 4.79 Å². The Labute approximate surface area is 159 Å². The largest absolute Gasteiger partial charge is 0.372 e. The van der Waals surface area contributed by atoms with Gasteiger partial charge in [-0.15, -0.1) is 0 Å². The molecule has 0 aliphatic carbocycles. The quantitative estimate of drug-likeness (QED) is 0.679. The van der Waals surface area contributed by atoms with Crippen LogP contribution in [0, 0.1) is 6.92 Å². The molecule has 2 aromatic rings. The highest BCUT2D eigenvalue weighted by atomic mass is 16.3. The van der Waals surface area contributed by atoms with E-state index in [1.807, 2.05) is 42.2 Å². The Morgan fingerprint density at radius 3 is 2.93 bits per heavy atom. The van der Waals surface area contributed by atoms with Crippen LogP contribution in [0.25, 0.3) is 0 Å². The van der Waals surface area contributed by atoms with Gasteiger partial charge < -0.3 is 15.7 Å². The number of aryl methyl sites for hydroxylation is 1. The number of likely N-dealkylation sites (tertiary alicyclic amines) is 1. The minimum absolute atomic E-state index is 0.0112. The summed E-state index contributed by atoms with van der Waals surface area (Å²) in [5.41, 5.74) is 2.27. The van der Waals surface area contributed by atoms with E-state index in [4.69, 9.17) is 0 Å². The fourth-order valence-corrected chi connectivity index (χ4v) is 3.21. The van der Waals surface area contributed by atoms with E-state index in [0.717, 1.165) is 30.6 Å². The number of amides is 1. The highest BCUT2D eigenvalue weighted by molar-refractivity contribution is 5.87. The van der Waals surface area contributed by atoms with Crippen molar-refractivity contribution in [1.29, 1.82) is 0 Å². The van der Waals surface area contributed by atoms with E-state index < -0.39 is 6.23 Å². The second-order valence-corrected chi connectivity index (χ2v) is 6.67. The molecule has 3 rings (SSSR count). The summed E-state index contributed by atoms with van der Waals surface area (Å²) >= 11 is 0. The number of carbonyl (C=O) groups excluding carboxylic acids is 1. The second-order valence-electron chi connectivity index (χ2n) is 6.67. The maximum atomic E-state index is 11.6. The first-order valence-corrected chi connectivity index (χ1v) is 9.07. The number of hydrogen-bond donors (Lipinski definition) is 3. The van der Waals surface area contributed by atoms with Crippen molar-refractivity contribution in [2.75, 3.05) is 18.4 Å². The molecule has 142 valence electrons. The van der Waals surface area contributed by atoms with Crippen molar-refractivity contribution in [3.8, 4) is 0 Å². The maximum Gasteiger partial charge on any atom is 0.243 e. The molecule has 27 heavy (non-hydrogen) atoms. The van der Waals surface area contributed by atoms with Gasteiger partial charge in [-0.3, -0.25) is 9.69 Å². The Morgan fingerprint density at radius 2 is 2.19 bits per heavy atom. The molecule has 7 nitrogen and oxygen atoms in total. The van der Waals surface area contributed by atoms with E-state index in [-0.39, 0.29) is 11.9 Å². The number of rotatable bonds is 6. The predicted molar refractivity (Wildman–Crippen MR) is 104 cm³/mol. The van der Waals surface area contributed by atoms with Crippen LogP contribution >= 0.6 is 0 Å². The van der Waals surface area contributed by atoms with Crippen LogP contribution in [0.2, 0.25) is 0 Å². The number of nitrogens with zero attached hydrogens (tertiary/aromatic N) is 3. The Balaban J connectivity index is 1.73. The van der Waals surface area contributed by atoms with Crippen LogP contribution in [-0.4, -0.2) is 45.0 Å². The first-order chi connectivity index (χ1) is 13.1. The summed E-state index contributed by atoms with van der Waals surface area (Å²) in [6.07, 6.45) is 3.89. The number of para-hydroxylation sites is 1. The van der Waals surface area contributed by atoms with Crippen molar-refractivity contribution in [2.24, 2.45) is 0 Å². The molecule has 0 saturated carbocycles. The van der Waals surface area contributed by atoms with Crippen molar-refractivity contribution in [1.82, 2.24) is 20.2 Å². The number of benzene rings is 1. The van der Waals surface area contributed by atoms with Crippen LogP contribution in [0.5, 0.6) is 0 Å². The fraction of sp³-hybridized carbons (Fsp3) is 0.350. The summed E-state index contributed by atoms with van der Waals surface area (Å²) in [5, 5.41) is 17.0. The minimum Gasteiger partial charge on any atom is -0.372 e. The smallest absolute Gasteiger partial charge is 0.243 e. The molecule has 3 N–H and O–H groups in total. The lowest BCUT2D eigenvalue weighted by atomic mass is 10.0. The second kappa shape index (κ2) is 8.75. The zero-order chi connectivity index (χ0) is 19.2. The minimum atomic E-state index is -0.854. The molecule has 1 aliphatic heterocycles. The zero-order valence-electron chi connectivity index (χ0n) is 15.4. The summed E-state index contributed by atoms with van der Waals surface area (Å²) in [6, 6.07) is 9.64. The van der Waals surface area contributed by atoms with E-state index in [0.29, 0.717) is 18.2 Å². The maximum absolute atomic E-state index is 11.6. The van der Waals surface area contributed by atoms with Gasteiger partial charge in [-0.1, -0.05) is 24.8 Å². The van der Waals surface area contributed by atoms with Crippen LogP contribution in [0.1, 0.15) is 30.3 Å². The third kappa shape index (κ3) is 4.90. The third-order valence-electron chi connectivity index (χ3n) is 4.62. The predicted octanol–water partition coefficient (Wildman–Crippen LogP) is 2.29. The number of aliphatic hydroxyl groups excluding tert-OH is 1. The van der Waals surface area contributed by atoms with Gasteiger partial charge in [0.25, 0.3) is 0 Å². The number of nitrogens with one attached hydrogen (secondary N) is 2. The molecule has 7 heteroatoms. The van der Waals surface area contributed by atoms with Gasteiger partial charge in [0.2, 0.25) is 11.9 Å². The molecular weight excluding hydrogens is 342 g/mol. The van der Waals surface area contributed by atoms with Crippen LogP contribution in [0.3, 0.4) is 0 Å². The van der Waals surface area contributed by atoms with Crippen LogP contribution in [0.15, 0.2) is 49.2 Å². The Morgan fingerprint density at radius 1 is 1.41 bits per heavy atom. The molecule has 1 amide bonds. The number of aliphatic hydroxyl groups is 1. The number of carbonyl (C=O) groups is 1. The Hall–Kier alpha value is -2.77. The molecule has 0 radical (unpaired) electrons. The van der Waals surface area contributed by atoms with Gasteiger partial charge in [0.05, 0.1) is 5.69 Å². The number of piperidine rings is 1. The third-order valence-corrected chi connectivity index (χ3v) is 4.62. The molecule has 0 spiro atoms. The van der Waals surface area contributed by atoms with Crippen LogP contribution < -0.4 is 10.6 Å². The lowest BCUT2D eigenvalue weighted by Gasteiger charge is -2.36. The molecule has 1 aromatic heterocycles. The highest BCUT2D eigenvalue weighted by Gasteiger charge is 2.28. The highest BCUT2D eigenvalue weighted by Crippen LogP contribution is 2.24. The topological polar surface area (TPSA) is 90.4 Å². The van der Waals surface area contributed by atoms with Crippen molar-refractivity contribution < 1.29 is 9.90 Å². The number of anilines is 2. The standard InChI is InChI=1S/C20H25N5O2/c1-3-17(26)22-16-10-7-11-25(13-16)19(27)18-14(2)12-21-20(24-18)23-15-8-5-4-6-9-15/h3-6,8-9,12,16,19,27H,1,7,10-11,13H2,2H3,(H,22,26)(H,21,23,24). The van der Waals surface area contributed by atoms with Gasteiger partial charge in [0.15, 0.2) is 6.23 Å². The fourth-order valence-electron chi connectivity index (χ4n) is 3.21. The van der Waals surface area contributed by atoms with E-state index in [1.54, 1.807) is 6.20 Å². The van der Waals surface area contributed by atoms with Crippen molar-refractivity contribution >= 4 is 17.5 Å². The van der Waals surface area contributed by atoms with Crippen molar-refractivity contribution in [2.45, 2.75) is 32.0 Å². The van der Waals surface area contributed by atoms with Gasteiger partial charge >= 0.3 is 0 Å². The van der Waals surface area contributed by atoms with Gasteiger partial charge in [0, 0.05) is 31.0 Å². The van der Waals surface area contributed by atoms with E-state index in [2.05, 4.69) is 27.2 Å². The molecule has 1 saturated heterocycles. The Kier molecular flexibility index (Phi) is 6.16. The van der Waals surface area contributed by atoms with Gasteiger partial charge in [-0.05, 0) is 43.5 Å². The van der Waals surface area contributed by atoms with E-state index in [1.165, 1.54) is 6.08 Å². The molecular formula is C20H25N5O2. The molecule has 0 bridgehead atoms. The molecule has 2 heterocycles. The molecule has 2 atom stereocenters. The van der Waals surface area contributed by atoms with Gasteiger partial charge in [-0.25, -0.2) is 9.97 Å². The first kappa shape index (κ1) is 19.0. The average Bonchev–Trinajstić information content (AvgIpc) is 2.70.